The number of nitrogens with zero attached hydrogens (tertiary/aromatic N) is 1. The maximum atomic E-state index is 11.2. The fraction of sp³-hybridized carbons (Fsp3) is 0.500. The van der Waals surface area contributed by atoms with E-state index < -0.39 is 5.97 Å². The normalized spacial score (nSPS) is 24.2. The summed E-state index contributed by atoms with van der Waals surface area (Å²) < 4.78 is 0. The highest BCUT2D eigenvalue weighted by molar-refractivity contribution is 8.04. The molecule has 82 valence electrons. The summed E-state index contributed by atoms with van der Waals surface area (Å²) in [6.07, 6.45) is 0.976. The lowest BCUT2D eigenvalue weighted by atomic mass is 10.1. The molecular formula is C8H11N3O3S. The Morgan fingerprint density at radius 1 is 1.73 bits per heavy atom. The molecule has 15 heavy (non-hydrogen) atoms. The number of rotatable bonds is 4. The van der Waals surface area contributed by atoms with Crippen molar-refractivity contribution >= 4 is 23.6 Å². The third kappa shape index (κ3) is 1.62. The number of β-lactam (4-membered cyclic amide) rings is 1. The van der Waals surface area contributed by atoms with Gasteiger partial charge in [-0.15, -0.1) is 11.8 Å². The number of carboxylic acid groups (broad SMARTS) is 1. The number of aliphatic carboxylic acids is 1. The number of carbonyl (C=O) groups excluding carboxylic acids is 1. The van der Waals surface area contributed by atoms with Crippen molar-refractivity contribution in [1.82, 2.24) is 10.3 Å². The second-order valence-electron chi connectivity index (χ2n) is 3.32. The highest BCUT2D eigenvalue weighted by atomic mass is 32.2. The van der Waals surface area contributed by atoms with Gasteiger partial charge < -0.3 is 5.11 Å². The molecule has 0 spiro atoms. The number of thioether (sulfide) groups is 1. The van der Waals surface area contributed by atoms with Gasteiger partial charge in [-0.3, -0.25) is 21.0 Å². The van der Waals surface area contributed by atoms with E-state index in [1.54, 1.807) is 0 Å². The van der Waals surface area contributed by atoms with Gasteiger partial charge in [-0.2, -0.15) is 0 Å². The predicted molar refractivity (Wildman–Crippen MR) is 54.3 cm³/mol. The summed E-state index contributed by atoms with van der Waals surface area (Å²) in [7, 11) is 0. The molecule has 7 heteroatoms. The second-order valence-corrected chi connectivity index (χ2v) is 4.59. The van der Waals surface area contributed by atoms with Crippen LogP contribution in [0.15, 0.2) is 10.6 Å². The number of fused-ring (bicyclic) bond motifs is 1. The standard InChI is InChI=1S/C8H11N3O3S/c9-10-2-1-4-7(8(13)14)11-5(12)3-6(11)15-4/h6,10H,1-3,9H2,(H,13,14)/t6-/m1/s1. The fourth-order valence-corrected chi connectivity index (χ4v) is 3.09. The molecular weight excluding hydrogens is 218 g/mol. The van der Waals surface area contributed by atoms with Gasteiger partial charge in [0.1, 0.15) is 5.70 Å². The molecule has 0 bridgehead atoms. The maximum absolute atomic E-state index is 11.2. The zero-order valence-electron chi connectivity index (χ0n) is 7.90. The molecule has 0 aromatic heterocycles. The Kier molecular flexibility index (Phi) is 2.68. The van der Waals surface area contributed by atoms with E-state index in [9.17, 15) is 9.59 Å². The first-order valence-corrected chi connectivity index (χ1v) is 5.41. The van der Waals surface area contributed by atoms with Crippen molar-refractivity contribution < 1.29 is 14.7 Å². The highest BCUT2D eigenvalue weighted by Gasteiger charge is 2.47. The maximum Gasteiger partial charge on any atom is 0.353 e. The molecule has 2 aliphatic heterocycles. The van der Waals surface area contributed by atoms with Crippen molar-refractivity contribution in [3.8, 4) is 0 Å². The van der Waals surface area contributed by atoms with Gasteiger partial charge in [0.2, 0.25) is 5.91 Å². The SMILES string of the molecule is NNCCC1=C(C(=O)O)N2C(=O)C[C@H]2S1. The van der Waals surface area contributed by atoms with E-state index >= 15 is 0 Å². The average molecular weight is 229 g/mol. The zero-order valence-corrected chi connectivity index (χ0v) is 8.71. The Hall–Kier alpha value is -1.05. The third-order valence-electron chi connectivity index (χ3n) is 2.39. The number of carbonyl (C=O) groups is 2. The van der Waals surface area contributed by atoms with E-state index in [1.165, 1.54) is 16.7 Å². The molecule has 4 N–H and O–H groups in total. The van der Waals surface area contributed by atoms with Gasteiger partial charge in [0.25, 0.3) is 0 Å². The van der Waals surface area contributed by atoms with Gasteiger partial charge in [0.15, 0.2) is 0 Å². The first-order valence-electron chi connectivity index (χ1n) is 4.53. The molecule has 0 aromatic rings. The number of hydrogen-bond donors (Lipinski definition) is 3. The van der Waals surface area contributed by atoms with E-state index in [-0.39, 0.29) is 17.0 Å². The second kappa shape index (κ2) is 3.84. The Bertz CT molecular complexity index is 355. The van der Waals surface area contributed by atoms with E-state index in [1.807, 2.05) is 0 Å². The van der Waals surface area contributed by atoms with Gasteiger partial charge in [-0.1, -0.05) is 0 Å². The molecule has 0 radical (unpaired) electrons. The predicted octanol–water partition coefficient (Wildman–Crippen LogP) is -0.559. The molecule has 1 amide bonds. The number of nitrogens with one attached hydrogen (secondary N) is 1. The molecule has 0 aromatic carbocycles. The molecule has 2 aliphatic rings. The number of hydrazine groups is 1. The van der Waals surface area contributed by atoms with Crippen LogP contribution in [0.2, 0.25) is 0 Å². The van der Waals surface area contributed by atoms with Gasteiger partial charge in [0, 0.05) is 11.4 Å². The molecule has 2 rings (SSSR count). The number of hydrogen-bond acceptors (Lipinski definition) is 5. The van der Waals surface area contributed by atoms with Crippen LogP contribution in [0, 0.1) is 0 Å². The molecule has 0 aliphatic carbocycles. The Morgan fingerprint density at radius 3 is 3.00 bits per heavy atom. The molecule has 0 saturated carbocycles. The van der Waals surface area contributed by atoms with Crippen LogP contribution in [0.1, 0.15) is 12.8 Å². The summed E-state index contributed by atoms with van der Waals surface area (Å²) >= 11 is 1.45. The minimum atomic E-state index is -1.04. The Morgan fingerprint density at radius 2 is 2.47 bits per heavy atom. The van der Waals surface area contributed by atoms with Crippen LogP contribution in [0.5, 0.6) is 0 Å². The number of carboxylic acids is 1. The zero-order chi connectivity index (χ0) is 11.0. The minimum absolute atomic E-state index is 0.00336. The van der Waals surface area contributed by atoms with Gasteiger partial charge in [-0.05, 0) is 6.42 Å². The van der Waals surface area contributed by atoms with Gasteiger partial charge in [-0.25, -0.2) is 4.79 Å². The van der Waals surface area contributed by atoms with Crippen LogP contribution in [-0.2, 0) is 9.59 Å². The van der Waals surface area contributed by atoms with Gasteiger partial charge in [0.05, 0.1) is 11.8 Å². The lowest BCUT2D eigenvalue weighted by molar-refractivity contribution is -0.145. The van der Waals surface area contributed by atoms with Crippen molar-refractivity contribution in [2.24, 2.45) is 5.84 Å². The molecule has 2 heterocycles. The smallest absolute Gasteiger partial charge is 0.353 e. The van der Waals surface area contributed by atoms with Crippen molar-refractivity contribution in [2.45, 2.75) is 18.2 Å². The van der Waals surface area contributed by atoms with Crippen LogP contribution < -0.4 is 11.3 Å². The fourth-order valence-electron chi connectivity index (χ4n) is 1.69. The van der Waals surface area contributed by atoms with Crippen LogP contribution in [0.4, 0.5) is 0 Å². The third-order valence-corrected chi connectivity index (χ3v) is 3.72. The topological polar surface area (TPSA) is 95.7 Å². The first-order chi connectivity index (χ1) is 7.15. The van der Waals surface area contributed by atoms with Crippen LogP contribution in [0.25, 0.3) is 0 Å². The van der Waals surface area contributed by atoms with Crippen molar-refractivity contribution in [2.75, 3.05) is 6.54 Å². The van der Waals surface area contributed by atoms with Crippen molar-refractivity contribution in [1.29, 1.82) is 0 Å². The van der Waals surface area contributed by atoms with Crippen LogP contribution in [-0.4, -0.2) is 33.8 Å². The first kappa shape index (κ1) is 10.5. The molecule has 0 unspecified atom stereocenters. The van der Waals surface area contributed by atoms with Crippen molar-refractivity contribution in [3.05, 3.63) is 10.6 Å². The van der Waals surface area contributed by atoms with Gasteiger partial charge >= 0.3 is 5.97 Å². The summed E-state index contributed by atoms with van der Waals surface area (Å²) in [6, 6.07) is 0. The molecule has 6 nitrogen and oxygen atoms in total. The van der Waals surface area contributed by atoms with E-state index in [2.05, 4.69) is 5.43 Å². The molecule has 1 fully saturated rings. The molecule has 1 saturated heterocycles. The lowest BCUT2D eigenvalue weighted by Crippen LogP contribution is -2.48. The Balaban J connectivity index is 2.19. The largest absolute Gasteiger partial charge is 0.477 e. The quantitative estimate of drug-likeness (QED) is 0.340. The van der Waals surface area contributed by atoms with E-state index in [0.717, 1.165) is 4.91 Å². The molecule has 1 atom stereocenters. The van der Waals surface area contributed by atoms with E-state index in [0.29, 0.717) is 19.4 Å². The Labute approximate surface area is 90.5 Å². The summed E-state index contributed by atoms with van der Waals surface area (Å²) in [5.41, 5.74) is 2.61. The number of nitrogens with two attached hydrogens (primary N) is 1. The monoisotopic (exact) mass is 229 g/mol. The van der Waals surface area contributed by atoms with E-state index in [4.69, 9.17) is 10.9 Å². The minimum Gasteiger partial charge on any atom is -0.477 e. The summed E-state index contributed by atoms with van der Waals surface area (Å²) in [4.78, 5) is 24.3. The highest BCUT2D eigenvalue weighted by Crippen LogP contribution is 2.46. The van der Waals surface area contributed by atoms with Crippen LogP contribution in [0.3, 0.4) is 0 Å². The average Bonchev–Trinajstić information content (AvgIpc) is 2.47. The van der Waals surface area contributed by atoms with Crippen LogP contribution >= 0.6 is 11.8 Å². The van der Waals surface area contributed by atoms with Crippen molar-refractivity contribution in [3.63, 3.8) is 0 Å². The summed E-state index contributed by atoms with van der Waals surface area (Å²) in [6.45, 7) is 0.508. The lowest BCUT2D eigenvalue weighted by Gasteiger charge is -2.33. The summed E-state index contributed by atoms with van der Waals surface area (Å²) in [5.74, 6) is 3.98. The number of amides is 1. The summed E-state index contributed by atoms with van der Waals surface area (Å²) in [5, 5.41) is 9.00.